The highest BCUT2D eigenvalue weighted by molar-refractivity contribution is 5.77. The smallest absolute Gasteiger partial charge is 0.258 e. The third-order valence-electron chi connectivity index (χ3n) is 4.94. The SMILES string of the molecule is O=C(COc1ccccc1)NC1CCN(c2ncc3c(n2)CCOC3)CC1. The normalized spacial score (nSPS) is 17.3. The number of carbonyl (C=O) groups excluding carboxylic acids is 1. The van der Waals surface area contributed by atoms with Gasteiger partial charge in [0.2, 0.25) is 5.95 Å². The van der Waals surface area contributed by atoms with E-state index in [1.165, 1.54) is 0 Å². The lowest BCUT2D eigenvalue weighted by Crippen LogP contribution is -2.46. The number of benzene rings is 1. The second kappa shape index (κ2) is 8.35. The minimum Gasteiger partial charge on any atom is -0.484 e. The van der Waals surface area contributed by atoms with Crippen molar-refractivity contribution in [3.8, 4) is 5.75 Å². The molecule has 0 saturated carbocycles. The third kappa shape index (κ3) is 4.54. The van der Waals surface area contributed by atoms with Crippen LogP contribution < -0.4 is 15.0 Å². The van der Waals surface area contributed by atoms with E-state index in [4.69, 9.17) is 14.5 Å². The summed E-state index contributed by atoms with van der Waals surface area (Å²) in [6, 6.07) is 9.55. The largest absolute Gasteiger partial charge is 0.484 e. The molecule has 142 valence electrons. The van der Waals surface area contributed by atoms with Crippen molar-refractivity contribution < 1.29 is 14.3 Å². The predicted molar refractivity (Wildman–Crippen MR) is 101 cm³/mol. The number of rotatable bonds is 5. The second-order valence-electron chi connectivity index (χ2n) is 6.88. The fourth-order valence-corrected chi connectivity index (χ4v) is 3.43. The number of hydrogen-bond donors (Lipinski definition) is 1. The fourth-order valence-electron chi connectivity index (χ4n) is 3.43. The summed E-state index contributed by atoms with van der Waals surface area (Å²) in [5, 5.41) is 3.06. The Morgan fingerprint density at radius 1 is 1.26 bits per heavy atom. The van der Waals surface area contributed by atoms with Crippen LogP contribution in [0.1, 0.15) is 24.1 Å². The fraction of sp³-hybridized carbons (Fsp3) is 0.450. The molecule has 2 aliphatic heterocycles. The molecular weight excluding hydrogens is 344 g/mol. The molecule has 1 fully saturated rings. The van der Waals surface area contributed by atoms with Crippen molar-refractivity contribution in [2.24, 2.45) is 0 Å². The van der Waals surface area contributed by atoms with Crippen molar-refractivity contribution in [3.05, 3.63) is 47.8 Å². The topological polar surface area (TPSA) is 76.6 Å². The number of aromatic nitrogens is 2. The Hall–Kier alpha value is -2.67. The maximum Gasteiger partial charge on any atom is 0.258 e. The number of anilines is 1. The van der Waals surface area contributed by atoms with E-state index in [2.05, 4.69) is 15.2 Å². The number of para-hydroxylation sites is 1. The molecule has 0 atom stereocenters. The van der Waals surface area contributed by atoms with E-state index in [0.717, 1.165) is 56.2 Å². The molecule has 27 heavy (non-hydrogen) atoms. The van der Waals surface area contributed by atoms with Gasteiger partial charge in [0.1, 0.15) is 5.75 Å². The molecule has 1 N–H and O–H groups in total. The van der Waals surface area contributed by atoms with Crippen LogP contribution in [-0.4, -0.2) is 48.2 Å². The minimum absolute atomic E-state index is 0.0419. The predicted octanol–water partition coefficient (Wildman–Crippen LogP) is 1.71. The summed E-state index contributed by atoms with van der Waals surface area (Å²) in [6.07, 6.45) is 4.48. The van der Waals surface area contributed by atoms with E-state index in [1.54, 1.807) is 0 Å². The van der Waals surface area contributed by atoms with Crippen LogP contribution in [0.15, 0.2) is 36.5 Å². The number of piperidine rings is 1. The summed E-state index contributed by atoms with van der Waals surface area (Å²) < 4.78 is 10.9. The number of nitrogens with zero attached hydrogens (tertiary/aromatic N) is 3. The van der Waals surface area contributed by atoms with Crippen LogP contribution in [-0.2, 0) is 22.6 Å². The van der Waals surface area contributed by atoms with Crippen LogP contribution in [0.3, 0.4) is 0 Å². The molecule has 0 aliphatic carbocycles. The molecule has 0 radical (unpaired) electrons. The van der Waals surface area contributed by atoms with Crippen molar-refractivity contribution in [1.29, 1.82) is 0 Å². The summed E-state index contributed by atoms with van der Waals surface area (Å²) in [5.74, 6) is 1.41. The van der Waals surface area contributed by atoms with Crippen molar-refractivity contribution in [3.63, 3.8) is 0 Å². The Morgan fingerprint density at radius 2 is 2.07 bits per heavy atom. The zero-order valence-electron chi connectivity index (χ0n) is 15.3. The lowest BCUT2D eigenvalue weighted by molar-refractivity contribution is -0.123. The van der Waals surface area contributed by atoms with Gasteiger partial charge in [0.15, 0.2) is 6.61 Å². The van der Waals surface area contributed by atoms with E-state index in [-0.39, 0.29) is 18.6 Å². The number of carbonyl (C=O) groups is 1. The number of nitrogens with one attached hydrogen (secondary N) is 1. The van der Waals surface area contributed by atoms with Crippen LogP contribution in [0.5, 0.6) is 5.75 Å². The van der Waals surface area contributed by atoms with E-state index in [0.29, 0.717) is 12.4 Å². The molecule has 2 aliphatic rings. The first-order valence-electron chi connectivity index (χ1n) is 9.42. The van der Waals surface area contributed by atoms with Gasteiger partial charge in [0, 0.05) is 37.3 Å². The average Bonchev–Trinajstić information content (AvgIpc) is 2.73. The lowest BCUT2D eigenvalue weighted by atomic mass is 10.1. The van der Waals surface area contributed by atoms with Gasteiger partial charge < -0.3 is 19.7 Å². The van der Waals surface area contributed by atoms with Gasteiger partial charge in [-0.1, -0.05) is 18.2 Å². The number of amides is 1. The Balaban J connectivity index is 1.24. The molecule has 0 spiro atoms. The first-order chi connectivity index (χ1) is 13.3. The maximum absolute atomic E-state index is 12.1. The zero-order valence-corrected chi connectivity index (χ0v) is 15.3. The van der Waals surface area contributed by atoms with Crippen LogP contribution in [0.25, 0.3) is 0 Å². The summed E-state index contributed by atoms with van der Waals surface area (Å²) in [7, 11) is 0. The third-order valence-corrected chi connectivity index (χ3v) is 4.94. The maximum atomic E-state index is 12.1. The molecule has 0 unspecified atom stereocenters. The van der Waals surface area contributed by atoms with Crippen LogP contribution in [0.2, 0.25) is 0 Å². The molecule has 0 bridgehead atoms. The highest BCUT2D eigenvalue weighted by Crippen LogP contribution is 2.20. The first kappa shape index (κ1) is 17.7. The Morgan fingerprint density at radius 3 is 2.89 bits per heavy atom. The van der Waals surface area contributed by atoms with Crippen molar-refractivity contribution in [2.75, 3.05) is 31.2 Å². The number of hydrogen-bond acceptors (Lipinski definition) is 6. The summed E-state index contributed by atoms with van der Waals surface area (Å²) in [4.78, 5) is 23.5. The van der Waals surface area contributed by atoms with Gasteiger partial charge in [-0.15, -0.1) is 0 Å². The van der Waals surface area contributed by atoms with Gasteiger partial charge >= 0.3 is 0 Å². The Labute approximate surface area is 158 Å². The summed E-state index contributed by atoms with van der Waals surface area (Å²) >= 11 is 0. The molecule has 2 aromatic rings. The number of ether oxygens (including phenoxy) is 2. The molecule has 3 heterocycles. The van der Waals surface area contributed by atoms with Gasteiger partial charge in [-0.05, 0) is 25.0 Å². The van der Waals surface area contributed by atoms with E-state index < -0.39 is 0 Å². The molecular formula is C20H24N4O3. The highest BCUT2D eigenvalue weighted by atomic mass is 16.5. The Kier molecular flexibility index (Phi) is 5.48. The average molecular weight is 368 g/mol. The van der Waals surface area contributed by atoms with Gasteiger partial charge in [0.25, 0.3) is 5.91 Å². The van der Waals surface area contributed by atoms with Gasteiger partial charge in [-0.3, -0.25) is 4.79 Å². The van der Waals surface area contributed by atoms with E-state index in [1.807, 2.05) is 36.5 Å². The lowest BCUT2D eigenvalue weighted by Gasteiger charge is -2.32. The summed E-state index contributed by atoms with van der Waals surface area (Å²) in [5.41, 5.74) is 2.19. The molecule has 1 aromatic heterocycles. The minimum atomic E-state index is -0.0812. The van der Waals surface area contributed by atoms with Gasteiger partial charge in [-0.25, -0.2) is 9.97 Å². The monoisotopic (exact) mass is 368 g/mol. The van der Waals surface area contributed by atoms with E-state index >= 15 is 0 Å². The van der Waals surface area contributed by atoms with Gasteiger partial charge in [0.05, 0.1) is 18.9 Å². The zero-order chi connectivity index (χ0) is 18.5. The Bertz CT molecular complexity index is 776. The first-order valence-corrected chi connectivity index (χ1v) is 9.42. The van der Waals surface area contributed by atoms with Crippen molar-refractivity contribution in [1.82, 2.24) is 15.3 Å². The highest BCUT2D eigenvalue weighted by Gasteiger charge is 2.23. The molecule has 7 heteroatoms. The quantitative estimate of drug-likeness (QED) is 0.866. The van der Waals surface area contributed by atoms with Crippen LogP contribution in [0.4, 0.5) is 5.95 Å². The van der Waals surface area contributed by atoms with Crippen LogP contribution in [0, 0.1) is 0 Å². The van der Waals surface area contributed by atoms with Gasteiger partial charge in [-0.2, -0.15) is 0 Å². The second-order valence-corrected chi connectivity index (χ2v) is 6.88. The van der Waals surface area contributed by atoms with E-state index in [9.17, 15) is 4.79 Å². The molecule has 1 amide bonds. The summed E-state index contributed by atoms with van der Waals surface area (Å²) in [6.45, 7) is 3.04. The molecule has 1 aromatic carbocycles. The van der Waals surface area contributed by atoms with Crippen molar-refractivity contribution in [2.45, 2.75) is 31.9 Å². The van der Waals surface area contributed by atoms with Crippen LogP contribution >= 0.6 is 0 Å². The molecule has 7 nitrogen and oxygen atoms in total. The van der Waals surface area contributed by atoms with Crippen molar-refractivity contribution >= 4 is 11.9 Å². The standard InChI is InChI=1S/C20H24N4O3/c25-19(14-27-17-4-2-1-3-5-17)22-16-6-9-24(10-7-16)20-21-12-15-13-26-11-8-18(15)23-20/h1-5,12,16H,6-11,13-14H2,(H,22,25). The molecule has 4 rings (SSSR count). The molecule has 1 saturated heterocycles. The number of fused-ring (bicyclic) bond motifs is 1.